The molecule has 0 radical (unpaired) electrons. The van der Waals surface area contributed by atoms with E-state index in [9.17, 15) is 4.39 Å². The first kappa shape index (κ1) is 15.7. The lowest BCUT2D eigenvalue weighted by Gasteiger charge is -2.11. The number of para-hydroxylation sites is 1. The van der Waals surface area contributed by atoms with Crippen LogP contribution in [0.2, 0.25) is 0 Å². The molecule has 2 aromatic carbocycles. The fourth-order valence-corrected chi connectivity index (χ4v) is 2.10. The van der Waals surface area contributed by atoms with Crippen LogP contribution < -0.4 is 9.47 Å². The highest BCUT2D eigenvalue weighted by Crippen LogP contribution is 2.23. The zero-order valence-corrected chi connectivity index (χ0v) is 13.0. The van der Waals surface area contributed by atoms with Crippen molar-refractivity contribution < 1.29 is 13.9 Å². The van der Waals surface area contributed by atoms with Crippen LogP contribution in [0, 0.1) is 5.82 Å². The maximum absolute atomic E-state index is 13.6. The van der Waals surface area contributed by atoms with Crippen LogP contribution in [0.3, 0.4) is 0 Å². The molecular formula is C17H15FN4O2. The van der Waals surface area contributed by atoms with E-state index in [1.54, 1.807) is 31.5 Å². The quantitative estimate of drug-likeness (QED) is 0.654. The Bertz CT molecular complexity index is 834. The van der Waals surface area contributed by atoms with Gasteiger partial charge in [0.15, 0.2) is 11.6 Å². The van der Waals surface area contributed by atoms with Gasteiger partial charge in [-0.1, -0.05) is 12.1 Å². The van der Waals surface area contributed by atoms with Crippen molar-refractivity contribution >= 4 is 6.21 Å². The average molecular weight is 326 g/mol. The molecule has 0 unspecified atom stereocenters. The minimum Gasteiger partial charge on any atom is -0.496 e. The van der Waals surface area contributed by atoms with Crippen molar-refractivity contribution in [2.24, 2.45) is 5.10 Å². The van der Waals surface area contributed by atoms with Crippen LogP contribution in [0.25, 0.3) is 0 Å². The predicted molar refractivity (Wildman–Crippen MR) is 86.7 cm³/mol. The van der Waals surface area contributed by atoms with Gasteiger partial charge in [-0.3, -0.25) is 0 Å². The smallest absolute Gasteiger partial charge is 0.165 e. The molecule has 0 atom stereocenters. The molecule has 0 aliphatic heterocycles. The largest absolute Gasteiger partial charge is 0.496 e. The van der Waals surface area contributed by atoms with Crippen molar-refractivity contribution in [2.45, 2.75) is 6.61 Å². The highest BCUT2D eigenvalue weighted by Gasteiger charge is 2.07. The SMILES string of the molecule is COc1ccc(/C=N\n2cnnc2)cc1COc1ccccc1F. The van der Waals surface area contributed by atoms with Crippen LogP contribution in [0.15, 0.2) is 60.2 Å². The monoisotopic (exact) mass is 326 g/mol. The molecule has 3 rings (SSSR count). The molecule has 24 heavy (non-hydrogen) atoms. The number of hydrogen-bond acceptors (Lipinski definition) is 5. The van der Waals surface area contributed by atoms with Crippen LogP contribution >= 0.6 is 0 Å². The zero-order chi connectivity index (χ0) is 16.8. The van der Waals surface area contributed by atoms with Gasteiger partial charge in [0.25, 0.3) is 0 Å². The Balaban J connectivity index is 1.78. The van der Waals surface area contributed by atoms with E-state index in [0.29, 0.717) is 5.75 Å². The molecule has 0 saturated carbocycles. The Morgan fingerprint density at radius 2 is 1.92 bits per heavy atom. The van der Waals surface area contributed by atoms with Crippen LogP contribution in [0.1, 0.15) is 11.1 Å². The first-order chi connectivity index (χ1) is 11.8. The minimum atomic E-state index is -0.401. The lowest BCUT2D eigenvalue weighted by molar-refractivity contribution is 0.282. The Labute approximate surface area is 138 Å². The summed E-state index contributed by atoms with van der Waals surface area (Å²) in [4.78, 5) is 0. The first-order valence-electron chi connectivity index (χ1n) is 7.19. The summed E-state index contributed by atoms with van der Waals surface area (Å²) in [5, 5.41) is 11.5. The second-order valence-electron chi connectivity index (χ2n) is 4.88. The van der Waals surface area contributed by atoms with E-state index in [0.717, 1.165) is 11.1 Å². The van der Waals surface area contributed by atoms with E-state index in [2.05, 4.69) is 15.3 Å². The summed E-state index contributed by atoms with van der Waals surface area (Å²) < 4.78 is 26.0. The molecule has 0 aliphatic rings. The molecule has 3 aromatic rings. The number of ether oxygens (including phenoxy) is 2. The highest BCUT2D eigenvalue weighted by atomic mass is 19.1. The van der Waals surface area contributed by atoms with Crippen LogP contribution in [-0.4, -0.2) is 28.2 Å². The molecule has 1 aromatic heterocycles. The Morgan fingerprint density at radius 3 is 2.67 bits per heavy atom. The van der Waals surface area contributed by atoms with Gasteiger partial charge in [-0.05, 0) is 35.9 Å². The fourth-order valence-electron chi connectivity index (χ4n) is 2.10. The number of halogens is 1. The summed E-state index contributed by atoms with van der Waals surface area (Å²) >= 11 is 0. The average Bonchev–Trinajstić information content (AvgIpc) is 3.13. The van der Waals surface area contributed by atoms with E-state index in [1.807, 2.05) is 18.2 Å². The van der Waals surface area contributed by atoms with Gasteiger partial charge in [0.1, 0.15) is 25.0 Å². The van der Waals surface area contributed by atoms with Crippen LogP contribution in [0.5, 0.6) is 11.5 Å². The van der Waals surface area contributed by atoms with Gasteiger partial charge < -0.3 is 9.47 Å². The Hall–Kier alpha value is -3.22. The van der Waals surface area contributed by atoms with Crippen molar-refractivity contribution in [1.29, 1.82) is 0 Å². The molecule has 7 heteroatoms. The molecule has 1 heterocycles. The third-order valence-electron chi connectivity index (χ3n) is 3.27. The second kappa shape index (κ2) is 7.36. The Morgan fingerprint density at radius 1 is 1.12 bits per heavy atom. The topological polar surface area (TPSA) is 61.5 Å². The minimum absolute atomic E-state index is 0.179. The van der Waals surface area contributed by atoms with E-state index in [4.69, 9.17) is 9.47 Å². The number of benzene rings is 2. The zero-order valence-electron chi connectivity index (χ0n) is 13.0. The van der Waals surface area contributed by atoms with Gasteiger partial charge in [0.2, 0.25) is 0 Å². The third-order valence-corrected chi connectivity index (χ3v) is 3.27. The van der Waals surface area contributed by atoms with Crippen molar-refractivity contribution in [3.8, 4) is 11.5 Å². The van der Waals surface area contributed by atoms with E-state index < -0.39 is 5.82 Å². The standard InChI is InChI=1S/C17H15FN4O2/c1-23-16-7-6-13(9-21-22-11-19-20-12-22)8-14(16)10-24-17-5-3-2-4-15(17)18/h2-9,11-12H,10H2,1H3/b21-9-. The summed E-state index contributed by atoms with van der Waals surface area (Å²) in [5.74, 6) is 0.456. The number of rotatable bonds is 6. The summed E-state index contributed by atoms with van der Waals surface area (Å²) in [7, 11) is 1.58. The first-order valence-corrected chi connectivity index (χ1v) is 7.19. The van der Waals surface area contributed by atoms with Gasteiger partial charge in [-0.25, -0.2) is 9.07 Å². The summed E-state index contributed by atoms with van der Waals surface area (Å²) in [6, 6.07) is 11.8. The van der Waals surface area contributed by atoms with E-state index in [1.165, 1.54) is 23.4 Å². The summed E-state index contributed by atoms with van der Waals surface area (Å²) in [6.07, 6.45) is 4.64. The molecule has 0 N–H and O–H groups in total. The molecular weight excluding hydrogens is 311 g/mol. The normalized spacial score (nSPS) is 10.9. The molecule has 6 nitrogen and oxygen atoms in total. The van der Waals surface area contributed by atoms with Crippen molar-refractivity contribution in [2.75, 3.05) is 7.11 Å². The molecule has 0 aliphatic carbocycles. The van der Waals surface area contributed by atoms with Crippen molar-refractivity contribution in [3.05, 3.63) is 72.1 Å². The molecule has 0 saturated heterocycles. The van der Waals surface area contributed by atoms with Gasteiger partial charge in [-0.2, -0.15) is 5.10 Å². The maximum atomic E-state index is 13.6. The van der Waals surface area contributed by atoms with Gasteiger partial charge in [0, 0.05) is 5.56 Å². The number of aromatic nitrogens is 3. The lowest BCUT2D eigenvalue weighted by Crippen LogP contribution is -2.01. The number of methoxy groups -OCH3 is 1. The number of hydrogen-bond donors (Lipinski definition) is 0. The summed E-state index contributed by atoms with van der Waals surface area (Å²) in [6.45, 7) is 0.179. The second-order valence-corrected chi connectivity index (χ2v) is 4.88. The van der Waals surface area contributed by atoms with E-state index >= 15 is 0 Å². The molecule has 0 bridgehead atoms. The molecule has 0 amide bonds. The summed E-state index contributed by atoms with van der Waals surface area (Å²) in [5.41, 5.74) is 1.63. The van der Waals surface area contributed by atoms with Crippen LogP contribution in [0.4, 0.5) is 4.39 Å². The fraction of sp³-hybridized carbons (Fsp3) is 0.118. The third kappa shape index (κ3) is 3.75. The molecule has 122 valence electrons. The maximum Gasteiger partial charge on any atom is 0.165 e. The predicted octanol–water partition coefficient (Wildman–Crippen LogP) is 2.89. The molecule has 0 spiro atoms. The highest BCUT2D eigenvalue weighted by molar-refractivity contribution is 5.80. The van der Waals surface area contributed by atoms with Crippen LogP contribution in [-0.2, 0) is 6.61 Å². The van der Waals surface area contributed by atoms with Crippen molar-refractivity contribution in [1.82, 2.24) is 14.9 Å². The number of nitrogens with zero attached hydrogens (tertiary/aromatic N) is 4. The molecule has 0 fully saturated rings. The van der Waals surface area contributed by atoms with E-state index in [-0.39, 0.29) is 12.4 Å². The van der Waals surface area contributed by atoms with Gasteiger partial charge >= 0.3 is 0 Å². The van der Waals surface area contributed by atoms with Gasteiger partial charge in [-0.15, -0.1) is 10.2 Å². The van der Waals surface area contributed by atoms with Gasteiger partial charge in [0.05, 0.1) is 13.3 Å². The van der Waals surface area contributed by atoms with Crippen molar-refractivity contribution in [3.63, 3.8) is 0 Å². The Kier molecular flexibility index (Phi) is 4.81. The lowest BCUT2D eigenvalue weighted by atomic mass is 10.1.